The van der Waals surface area contributed by atoms with Crippen molar-refractivity contribution >= 4 is 44.2 Å². The third kappa shape index (κ3) is 5.20. The Balaban J connectivity index is 2.14. The molecule has 2 aromatic rings. The van der Waals surface area contributed by atoms with E-state index in [1.807, 2.05) is 42.5 Å². The summed E-state index contributed by atoms with van der Waals surface area (Å²) >= 11 is 2.15. The number of carbonyl (C=O) groups excluding carboxylic acids is 1. The average Bonchev–Trinajstić information content (AvgIpc) is 2.53. The van der Waals surface area contributed by atoms with E-state index < -0.39 is 10.0 Å². The molecule has 128 valence electrons. The van der Waals surface area contributed by atoms with Crippen LogP contribution in [0.2, 0.25) is 0 Å². The van der Waals surface area contributed by atoms with Crippen LogP contribution in [0.15, 0.2) is 54.6 Å². The van der Waals surface area contributed by atoms with Crippen molar-refractivity contribution in [3.63, 3.8) is 0 Å². The van der Waals surface area contributed by atoms with Gasteiger partial charge in [0.2, 0.25) is 15.9 Å². The molecule has 0 saturated heterocycles. The molecule has 0 aliphatic carbocycles. The van der Waals surface area contributed by atoms with Gasteiger partial charge in [-0.2, -0.15) is 0 Å². The van der Waals surface area contributed by atoms with E-state index in [2.05, 4.69) is 22.6 Å². The van der Waals surface area contributed by atoms with Crippen LogP contribution in [0.1, 0.15) is 5.56 Å². The molecule has 0 aromatic heterocycles. The largest absolute Gasteiger partial charge is 0.340 e. The van der Waals surface area contributed by atoms with Gasteiger partial charge < -0.3 is 4.90 Å². The fourth-order valence-electron chi connectivity index (χ4n) is 2.20. The van der Waals surface area contributed by atoms with Crippen molar-refractivity contribution in [1.29, 1.82) is 0 Å². The van der Waals surface area contributed by atoms with Crippen LogP contribution in [0.4, 0.5) is 5.69 Å². The van der Waals surface area contributed by atoms with Crippen LogP contribution in [-0.4, -0.2) is 39.1 Å². The predicted octanol–water partition coefficient (Wildman–Crippen LogP) is 2.72. The molecule has 0 unspecified atom stereocenters. The Kier molecular flexibility index (Phi) is 6.22. The van der Waals surface area contributed by atoms with Crippen LogP contribution in [-0.2, 0) is 21.4 Å². The summed E-state index contributed by atoms with van der Waals surface area (Å²) in [6.45, 7) is 0.215. The summed E-state index contributed by atoms with van der Waals surface area (Å²) < 4.78 is 26.3. The first-order valence-electron chi connectivity index (χ1n) is 7.28. The highest BCUT2D eigenvalue weighted by Crippen LogP contribution is 2.19. The highest BCUT2D eigenvalue weighted by atomic mass is 127. The molecule has 0 fully saturated rings. The maximum absolute atomic E-state index is 12.5. The molecule has 0 saturated carbocycles. The molecule has 5 nitrogen and oxygen atoms in total. The Morgan fingerprint density at radius 2 is 1.62 bits per heavy atom. The number of nitrogens with zero attached hydrogens (tertiary/aromatic N) is 2. The van der Waals surface area contributed by atoms with Crippen LogP contribution in [0, 0.1) is 3.57 Å². The Morgan fingerprint density at radius 1 is 1.04 bits per heavy atom. The van der Waals surface area contributed by atoms with E-state index >= 15 is 0 Å². The second-order valence-electron chi connectivity index (χ2n) is 5.48. The quantitative estimate of drug-likeness (QED) is 0.626. The van der Waals surface area contributed by atoms with E-state index in [9.17, 15) is 13.2 Å². The van der Waals surface area contributed by atoms with Gasteiger partial charge in [0.25, 0.3) is 0 Å². The summed E-state index contributed by atoms with van der Waals surface area (Å²) in [6, 6.07) is 16.6. The molecular weight excluding hydrogens is 439 g/mol. The van der Waals surface area contributed by atoms with E-state index in [0.29, 0.717) is 12.2 Å². The first-order valence-corrected chi connectivity index (χ1v) is 10.2. The zero-order chi connectivity index (χ0) is 17.7. The minimum absolute atomic E-state index is 0.219. The zero-order valence-corrected chi connectivity index (χ0v) is 16.5. The fraction of sp³-hybridized carbons (Fsp3) is 0.235. The number of anilines is 1. The highest BCUT2D eigenvalue weighted by Gasteiger charge is 2.22. The number of hydrogen-bond donors (Lipinski definition) is 0. The number of amides is 1. The van der Waals surface area contributed by atoms with Crippen molar-refractivity contribution < 1.29 is 13.2 Å². The molecule has 2 rings (SSSR count). The van der Waals surface area contributed by atoms with Crippen LogP contribution in [0.3, 0.4) is 0 Å². The summed E-state index contributed by atoms with van der Waals surface area (Å²) in [7, 11) is -1.88. The van der Waals surface area contributed by atoms with Gasteiger partial charge in [-0.05, 0) is 52.4 Å². The van der Waals surface area contributed by atoms with Crippen LogP contribution in [0.5, 0.6) is 0 Å². The number of likely N-dealkylation sites (N-methyl/N-ethyl adjacent to an activating group) is 1. The standard InChI is InChI=1S/C17H19IN2O3S/c1-19(12-14-6-4-3-5-7-14)17(21)13-20(24(2,22)23)16-10-8-15(18)9-11-16/h3-11H,12-13H2,1-2H3. The average molecular weight is 458 g/mol. The Labute approximate surface area is 156 Å². The smallest absolute Gasteiger partial charge is 0.243 e. The van der Waals surface area contributed by atoms with Crippen LogP contribution in [0.25, 0.3) is 0 Å². The van der Waals surface area contributed by atoms with Crippen molar-refractivity contribution in [2.45, 2.75) is 6.54 Å². The van der Waals surface area contributed by atoms with Crippen molar-refractivity contribution in [2.24, 2.45) is 0 Å². The van der Waals surface area contributed by atoms with E-state index in [4.69, 9.17) is 0 Å². The second-order valence-corrected chi connectivity index (χ2v) is 8.63. The Morgan fingerprint density at radius 3 is 2.17 bits per heavy atom. The lowest BCUT2D eigenvalue weighted by Crippen LogP contribution is -2.41. The van der Waals surface area contributed by atoms with Crippen LogP contribution >= 0.6 is 22.6 Å². The number of halogens is 1. The van der Waals surface area contributed by atoms with Crippen LogP contribution < -0.4 is 4.31 Å². The molecule has 0 spiro atoms. The van der Waals surface area contributed by atoms with E-state index in [0.717, 1.165) is 19.7 Å². The van der Waals surface area contributed by atoms with E-state index in [1.165, 1.54) is 4.90 Å². The van der Waals surface area contributed by atoms with Crippen molar-refractivity contribution in [1.82, 2.24) is 4.90 Å². The lowest BCUT2D eigenvalue weighted by Gasteiger charge is -2.25. The number of benzene rings is 2. The van der Waals surface area contributed by atoms with Crippen molar-refractivity contribution in [2.75, 3.05) is 24.2 Å². The molecular formula is C17H19IN2O3S. The number of sulfonamides is 1. The molecule has 1 amide bonds. The topological polar surface area (TPSA) is 57.7 Å². The maximum atomic E-state index is 12.5. The van der Waals surface area contributed by atoms with Gasteiger partial charge in [-0.15, -0.1) is 0 Å². The summed E-state index contributed by atoms with van der Waals surface area (Å²) in [6.07, 6.45) is 1.11. The normalized spacial score (nSPS) is 11.1. The van der Waals surface area contributed by atoms with Crippen molar-refractivity contribution in [3.8, 4) is 0 Å². The molecule has 0 heterocycles. The van der Waals surface area contributed by atoms with Gasteiger partial charge in [0.05, 0.1) is 11.9 Å². The predicted molar refractivity (Wildman–Crippen MR) is 104 cm³/mol. The molecule has 0 N–H and O–H groups in total. The molecule has 0 aliphatic heterocycles. The molecule has 0 aliphatic rings. The Bertz CT molecular complexity index is 792. The van der Waals surface area contributed by atoms with Gasteiger partial charge in [-0.25, -0.2) is 8.42 Å². The van der Waals surface area contributed by atoms with Gasteiger partial charge in [0.1, 0.15) is 6.54 Å². The zero-order valence-electron chi connectivity index (χ0n) is 13.5. The fourth-order valence-corrected chi connectivity index (χ4v) is 3.41. The minimum atomic E-state index is -3.55. The lowest BCUT2D eigenvalue weighted by atomic mass is 10.2. The first kappa shape index (κ1) is 18.7. The summed E-state index contributed by atoms with van der Waals surface area (Å²) in [5.41, 5.74) is 1.48. The second kappa shape index (κ2) is 7.98. The minimum Gasteiger partial charge on any atom is -0.340 e. The van der Waals surface area contributed by atoms with E-state index in [1.54, 1.807) is 19.2 Å². The number of hydrogen-bond acceptors (Lipinski definition) is 3. The molecule has 0 bridgehead atoms. The van der Waals surface area contributed by atoms with Gasteiger partial charge in [-0.3, -0.25) is 9.10 Å². The molecule has 24 heavy (non-hydrogen) atoms. The van der Waals surface area contributed by atoms with E-state index in [-0.39, 0.29) is 12.5 Å². The van der Waals surface area contributed by atoms with Gasteiger partial charge in [0, 0.05) is 17.2 Å². The number of carbonyl (C=O) groups is 1. The van der Waals surface area contributed by atoms with Gasteiger partial charge in [-0.1, -0.05) is 30.3 Å². The molecule has 7 heteroatoms. The lowest BCUT2D eigenvalue weighted by molar-refractivity contribution is -0.128. The molecule has 0 radical (unpaired) electrons. The third-order valence-corrected chi connectivity index (χ3v) is 5.34. The summed E-state index contributed by atoms with van der Waals surface area (Å²) in [5, 5.41) is 0. The Hall–Kier alpha value is -1.61. The SMILES string of the molecule is CN(Cc1ccccc1)C(=O)CN(c1ccc(I)cc1)S(C)(=O)=O. The summed E-state index contributed by atoms with van der Waals surface area (Å²) in [4.78, 5) is 14.0. The molecule has 2 aromatic carbocycles. The molecule has 0 atom stereocenters. The first-order chi connectivity index (χ1) is 11.3. The van der Waals surface area contributed by atoms with Gasteiger partial charge >= 0.3 is 0 Å². The maximum Gasteiger partial charge on any atom is 0.243 e. The van der Waals surface area contributed by atoms with Crippen molar-refractivity contribution in [3.05, 3.63) is 63.7 Å². The van der Waals surface area contributed by atoms with Gasteiger partial charge in [0.15, 0.2) is 0 Å². The monoisotopic (exact) mass is 458 g/mol. The highest BCUT2D eigenvalue weighted by molar-refractivity contribution is 14.1. The third-order valence-electron chi connectivity index (χ3n) is 3.48. The number of rotatable bonds is 6. The summed E-state index contributed by atoms with van der Waals surface area (Å²) in [5.74, 6) is -0.261.